The van der Waals surface area contributed by atoms with Gasteiger partial charge in [0, 0.05) is 25.0 Å². The van der Waals surface area contributed by atoms with Crippen molar-refractivity contribution in [1.29, 1.82) is 5.26 Å². The van der Waals surface area contributed by atoms with Gasteiger partial charge in [0.15, 0.2) is 11.5 Å². The number of nitriles is 1. The maximum absolute atomic E-state index is 13.1. The number of fused-ring (bicyclic) bond motifs is 2. The van der Waals surface area contributed by atoms with Gasteiger partial charge in [-0.15, -0.1) is 0 Å². The molecule has 3 aromatic heterocycles. The van der Waals surface area contributed by atoms with Crippen molar-refractivity contribution in [2.75, 3.05) is 11.9 Å². The van der Waals surface area contributed by atoms with Gasteiger partial charge in [-0.1, -0.05) is 12.1 Å². The number of aromatic nitrogens is 5. The summed E-state index contributed by atoms with van der Waals surface area (Å²) in [5.74, 6) is 0.987. The lowest BCUT2D eigenvalue weighted by molar-refractivity contribution is 0.315. The maximum atomic E-state index is 13.1. The van der Waals surface area contributed by atoms with Crippen LogP contribution in [0.3, 0.4) is 0 Å². The Morgan fingerprint density at radius 2 is 2.09 bits per heavy atom. The second-order valence-electron chi connectivity index (χ2n) is 9.23. The maximum Gasteiger partial charge on any atom is 0.278 e. The second kappa shape index (κ2) is 8.32. The minimum absolute atomic E-state index is 0.166. The molecule has 0 amide bonds. The summed E-state index contributed by atoms with van der Waals surface area (Å²) < 4.78 is 3.36. The van der Waals surface area contributed by atoms with Crippen molar-refractivity contribution in [2.45, 2.75) is 51.1 Å². The standard InChI is InChI=1S/C26H26N8O/c1-2-33-24(35)20-15-29-25(30-19-8-7-18-14-28-12-9-17(18)13-19)32-23(20)34(33)22-6-3-5-21(31-22)26(16-27)10-4-11-26/h3,5-8,13,15,28H,2,4,9-12,14H2,1H3,(H,29,30,32). The van der Waals surface area contributed by atoms with Crippen LogP contribution >= 0.6 is 0 Å². The van der Waals surface area contributed by atoms with Gasteiger partial charge in [0.05, 0.1) is 17.2 Å². The van der Waals surface area contributed by atoms with Crippen LogP contribution in [-0.4, -0.2) is 30.9 Å². The van der Waals surface area contributed by atoms with E-state index < -0.39 is 5.41 Å². The molecule has 35 heavy (non-hydrogen) atoms. The second-order valence-corrected chi connectivity index (χ2v) is 9.23. The molecular formula is C26H26N8O. The highest BCUT2D eigenvalue weighted by Gasteiger charge is 2.40. The van der Waals surface area contributed by atoms with Crippen molar-refractivity contribution in [3.63, 3.8) is 0 Å². The molecule has 0 saturated heterocycles. The molecule has 9 nitrogen and oxygen atoms in total. The Labute approximate surface area is 202 Å². The number of nitrogens with one attached hydrogen (secondary N) is 2. The molecule has 2 N–H and O–H groups in total. The fourth-order valence-corrected chi connectivity index (χ4v) is 5.05. The number of benzene rings is 1. The number of nitrogens with zero attached hydrogens (tertiary/aromatic N) is 6. The molecule has 1 aliphatic carbocycles. The molecule has 1 fully saturated rings. The lowest BCUT2D eigenvalue weighted by Crippen LogP contribution is -2.33. The van der Waals surface area contributed by atoms with Crippen LogP contribution in [0.2, 0.25) is 0 Å². The molecule has 1 saturated carbocycles. The Morgan fingerprint density at radius 1 is 1.20 bits per heavy atom. The summed E-state index contributed by atoms with van der Waals surface area (Å²) >= 11 is 0. The summed E-state index contributed by atoms with van der Waals surface area (Å²) in [4.78, 5) is 27.1. The summed E-state index contributed by atoms with van der Waals surface area (Å²) in [5.41, 5.74) is 4.06. The first-order valence-electron chi connectivity index (χ1n) is 12.1. The highest BCUT2D eigenvalue weighted by atomic mass is 16.1. The molecular weight excluding hydrogens is 440 g/mol. The SMILES string of the molecule is CCn1c(=O)c2cnc(Nc3ccc4c(c3)CCNC4)nc2n1-c1cccc(C2(C#N)CCC2)n1. The fraction of sp³-hybridized carbons (Fsp3) is 0.346. The van der Waals surface area contributed by atoms with Crippen LogP contribution in [0.15, 0.2) is 47.4 Å². The van der Waals surface area contributed by atoms with Crippen molar-refractivity contribution in [3.05, 3.63) is 69.8 Å². The number of hydrogen-bond donors (Lipinski definition) is 2. The summed E-state index contributed by atoms with van der Waals surface area (Å²) in [6.45, 7) is 4.22. The molecule has 0 spiro atoms. The smallest absolute Gasteiger partial charge is 0.278 e. The Morgan fingerprint density at radius 3 is 2.86 bits per heavy atom. The van der Waals surface area contributed by atoms with E-state index in [1.807, 2.05) is 31.2 Å². The first kappa shape index (κ1) is 21.5. The lowest BCUT2D eigenvalue weighted by Gasteiger charge is -2.34. The largest absolute Gasteiger partial charge is 0.324 e. The minimum Gasteiger partial charge on any atom is -0.324 e. The van der Waals surface area contributed by atoms with Gasteiger partial charge in [-0.05, 0) is 74.5 Å². The first-order chi connectivity index (χ1) is 17.1. The molecule has 1 aliphatic heterocycles. The van der Waals surface area contributed by atoms with Crippen LogP contribution in [0.25, 0.3) is 16.9 Å². The van der Waals surface area contributed by atoms with Gasteiger partial charge >= 0.3 is 0 Å². The fourth-order valence-electron chi connectivity index (χ4n) is 5.05. The molecule has 6 rings (SSSR count). The first-order valence-corrected chi connectivity index (χ1v) is 12.1. The number of rotatable bonds is 5. The van der Waals surface area contributed by atoms with Crippen LogP contribution in [0.4, 0.5) is 11.6 Å². The average Bonchev–Trinajstić information content (AvgIpc) is 3.14. The topological polar surface area (TPSA) is 113 Å². The summed E-state index contributed by atoms with van der Waals surface area (Å²) in [6.07, 6.45) is 5.19. The van der Waals surface area contributed by atoms with Gasteiger partial charge in [0.2, 0.25) is 5.95 Å². The Kier molecular flexibility index (Phi) is 5.11. The molecule has 4 heterocycles. The molecule has 9 heteroatoms. The van der Waals surface area contributed by atoms with E-state index in [2.05, 4.69) is 33.8 Å². The minimum atomic E-state index is -0.542. The van der Waals surface area contributed by atoms with E-state index in [-0.39, 0.29) is 5.56 Å². The Bertz CT molecular complexity index is 1540. The third-order valence-corrected chi connectivity index (χ3v) is 7.19. The van der Waals surface area contributed by atoms with Gasteiger partial charge < -0.3 is 10.6 Å². The van der Waals surface area contributed by atoms with E-state index in [9.17, 15) is 10.1 Å². The van der Waals surface area contributed by atoms with Crippen molar-refractivity contribution in [3.8, 4) is 11.9 Å². The highest BCUT2D eigenvalue weighted by Crippen LogP contribution is 2.42. The van der Waals surface area contributed by atoms with Crippen molar-refractivity contribution in [1.82, 2.24) is 29.6 Å². The molecule has 2 aliphatic rings. The van der Waals surface area contributed by atoms with Crippen LogP contribution in [0.1, 0.15) is 43.0 Å². The molecule has 1 aromatic carbocycles. The zero-order chi connectivity index (χ0) is 24.0. The van der Waals surface area contributed by atoms with E-state index >= 15 is 0 Å². The zero-order valence-electron chi connectivity index (χ0n) is 19.6. The van der Waals surface area contributed by atoms with Crippen molar-refractivity contribution >= 4 is 22.7 Å². The molecule has 0 bridgehead atoms. The average molecular weight is 467 g/mol. The third-order valence-electron chi connectivity index (χ3n) is 7.19. The van der Waals surface area contributed by atoms with Gasteiger partial charge in [-0.2, -0.15) is 10.2 Å². The zero-order valence-corrected chi connectivity index (χ0v) is 19.6. The number of pyridine rings is 1. The predicted molar refractivity (Wildman–Crippen MR) is 133 cm³/mol. The van der Waals surface area contributed by atoms with E-state index in [1.165, 1.54) is 11.1 Å². The van der Waals surface area contributed by atoms with Gasteiger partial charge in [0.1, 0.15) is 5.39 Å². The molecule has 0 unspecified atom stereocenters. The number of anilines is 2. The van der Waals surface area contributed by atoms with Gasteiger partial charge in [-0.25, -0.2) is 19.3 Å². The molecule has 176 valence electrons. The van der Waals surface area contributed by atoms with Crippen molar-refractivity contribution in [2.24, 2.45) is 0 Å². The van der Waals surface area contributed by atoms with Crippen LogP contribution in [0.5, 0.6) is 0 Å². The monoisotopic (exact) mass is 466 g/mol. The van der Waals surface area contributed by atoms with Crippen LogP contribution < -0.4 is 16.2 Å². The van der Waals surface area contributed by atoms with E-state index in [4.69, 9.17) is 9.97 Å². The molecule has 0 atom stereocenters. The predicted octanol–water partition coefficient (Wildman–Crippen LogP) is 3.33. The summed E-state index contributed by atoms with van der Waals surface area (Å²) in [6, 6.07) is 14.4. The highest BCUT2D eigenvalue weighted by molar-refractivity contribution is 5.77. The normalized spacial score (nSPS) is 16.3. The number of hydrogen-bond acceptors (Lipinski definition) is 7. The van der Waals surface area contributed by atoms with Crippen LogP contribution in [-0.2, 0) is 24.9 Å². The van der Waals surface area contributed by atoms with Crippen LogP contribution in [0, 0.1) is 11.3 Å². The van der Waals surface area contributed by atoms with Gasteiger partial charge in [-0.3, -0.25) is 4.79 Å². The van der Waals surface area contributed by atoms with Crippen molar-refractivity contribution < 1.29 is 0 Å². The van der Waals surface area contributed by atoms with E-state index in [1.54, 1.807) is 15.6 Å². The summed E-state index contributed by atoms with van der Waals surface area (Å²) in [5, 5.41) is 16.9. The van der Waals surface area contributed by atoms with Gasteiger partial charge in [0.25, 0.3) is 5.56 Å². The molecule has 4 aromatic rings. The Hall–Kier alpha value is -4.03. The Balaban J connectivity index is 1.44. The quantitative estimate of drug-likeness (QED) is 0.464. The molecule has 0 radical (unpaired) electrons. The van der Waals surface area contributed by atoms with E-state index in [0.29, 0.717) is 29.3 Å². The summed E-state index contributed by atoms with van der Waals surface area (Å²) in [7, 11) is 0. The van der Waals surface area contributed by atoms with E-state index in [0.717, 1.165) is 50.2 Å². The lowest BCUT2D eigenvalue weighted by atomic mass is 9.67. The third kappa shape index (κ3) is 3.49.